The molecule has 2 heterocycles. The van der Waals surface area contributed by atoms with Gasteiger partial charge in [-0.05, 0) is 56.1 Å². The first-order chi connectivity index (χ1) is 10.3. The number of carbonyl (C=O) groups excluding carboxylic acids is 1. The van der Waals surface area contributed by atoms with E-state index in [1.54, 1.807) is 12.1 Å². The molecule has 0 aliphatic carbocycles. The zero-order valence-electron chi connectivity index (χ0n) is 10.5. The summed E-state index contributed by atoms with van der Waals surface area (Å²) in [7, 11) is 0. The van der Waals surface area contributed by atoms with Gasteiger partial charge in [-0.3, -0.25) is 4.79 Å². The minimum absolute atomic E-state index is 0.0880. The second-order valence-electron chi connectivity index (χ2n) is 4.19. The van der Waals surface area contributed by atoms with Gasteiger partial charge in [-0.25, -0.2) is 9.97 Å². The van der Waals surface area contributed by atoms with Crippen molar-refractivity contribution in [3.05, 3.63) is 53.8 Å². The molecule has 0 amide bonds. The molecule has 0 radical (unpaired) electrons. The summed E-state index contributed by atoms with van der Waals surface area (Å²) in [6, 6.07) is 7.22. The molecule has 2 aromatic heterocycles. The van der Waals surface area contributed by atoms with E-state index in [-0.39, 0.29) is 5.78 Å². The zero-order chi connectivity index (χ0) is 16.4. The average Bonchev–Trinajstić information content (AvgIpc) is 2.42. The van der Waals surface area contributed by atoms with Crippen molar-refractivity contribution < 1.29 is 4.79 Å². The SMILES string of the molecule is O=C(C(Br)c1cc(Br)cc(Br)n1)C(Br)c1cc(Br)cc(Br)n1. The second kappa shape index (κ2) is 8.29. The van der Waals surface area contributed by atoms with E-state index in [2.05, 4.69) is 106 Å². The molecule has 116 valence electrons. The molecule has 2 unspecified atom stereocenters. The lowest BCUT2D eigenvalue weighted by Crippen LogP contribution is -2.15. The highest BCUT2D eigenvalue weighted by Gasteiger charge is 2.28. The summed E-state index contributed by atoms with van der Waals surface area (Å²) in [6.45, 7) is 0. The molecule has 0 bridgehead atoms. The molecule has 0 saturated heterocycles. The lowest BCUT2D eigenvalue weighted by atomic mass is 10.1. The molecule has 22 heavy (non-hydrogen) atoms. The summed E-state index contributed by atoms with van der Waals surface area (Å²) in [4.78, 5) is 20.2. The normalized spacial score (nSPS) is 13.7. The highest BCUT2D eigenvalue weighted by atomic mass is 79.9. The number of carbonyl (C=O) groups is 1. The number of ketones is 1. The van der Waals surface area contributed by atoms with E-state index < -0.39 is 9.65 Å². The van der Waals surface area contributed by atoms with Gasteiger partial charge in [0, 0.05) is 8.95 Å². The number of rotatable bonds is 4. The fourth-order valence-corrected chi connectivity index (χ4v) is 5.42. The predicted octanol–water partition coefficient (Wildman–Crippen LogP) is 6.67. The zero-order valence-corrected chi connectivity index (χ0v) is 20.1. The first kappa shape index (κ1) is 19.2. The summed E-state index contributed by atoms with van der Waals surface area (Å²) >= 11 is 20.3. The molecule has 0 spiro atoms. The quantitative estimate of drug-likeness (QED) is 0.267. The fourth-order valence-electron chi connectivity index (χ4n) is 1.65. The average molecular weight is 686 g/mol. The van der Waals surface area contributed by atoms with Crippen molar-refractivity contribution in [1.29, 1.82) is 0 Å². The van der Waals surface area contributed by atoms with Crippen molar-refractivity contribution in [2.75, 3.05) is 0 Å². The molecule has 2 rings (SSSR count). The van der Waals surface area contributed by atoms with Crippen LogP contribution >= 0.6 is 95.6 Å². The van der Waals surface area contributed by atoms with Crippen LogP contribution in [0.2, 0.25) is 0 Å². The van der Waals surface area contributed by atoms with E-state index in [1.165, 1.54) is 0 Å². The Kier molecular flexibility index (Phi) is 7.23. The van der Waals surface area contributed by atoms with Crippen LogP contribution in [0.4, 0.5) is 0 Å². The number of hydrogen-bond acceptors (Lipinski definition) is 3. The van der Waals surface area contributed by atoms with Gasteiger partial charge in [0.1, 0.15) is 18.9 Å². The Bertz CT molecular complexity index is 624. The lowest BCUT2D eigenvalue weighted by molar-refractivity contribution is -0.118. The van der Waals surface area contributed by atoms with E-state index in [9.17, 15) is 4.79 Å². The van der Waals surface area contributed by atoms with Crippen LogP contribution in [-0.4, -0.2) is 15.8 Å². The van der Waals surface area contributed by atoms with E-state index >= 15 is 0 Å². The summed E-state index contributed by atoms with van der Waals surface area (Å²) in [5.41, 5.74) is 1.23. The Balaban J connectivity index is 2.29. The molecular weight excluding hydrogens is 680 g/mol. The molecule has 0 N–H and O–H groups in total. The summed E-state index contributed by atoms with van der Waals surface area (Å²) < 4.78 is 3.00. The standard InChI is InChI=1S/C13H6Br6N2O/c14-5-1-7(20-9(16)3-5)11(18)13(22)12(19)8-2-6(15)4-10(17)21-8/h1-4,11-12H. The Morgan fingerprint density at radius 3 is 1.45 bits per heavy atom. The third-order valence-electron chi connectivity index (χ3n) is 2.58. The number of halogens is 6. The Labute approximate surface area is 177 Å². The first-order valence-corrected chi connectivity index (χ1v) is 10.8. The smallest absolute Gasteiger partial charge is 0.172 e. The van der Waals surface area contributed by atoms with E-state index in [1.807, 2.05) is 12.1 Å². The molecule has 2 atom stereocenters. The number of aromatic nitrogens is 2. The maximum Gasteiger partial charge on any atom is 0.172 e. The molecule has 0 saturated carbocycles. The summed E-state index contributed by atoms with van der Waals surface area (Å²) in [5, 5.41) is 0. The highest BCUT2D eigenvalue weighted by molar-refractivity contribution is 9.11. The van der Waals surface area contributed by atoms with Crippen LogP contribution in [0.25, 0.3) is 0 Å². The molecule has 0 aliphatic heterocycles. The van der Waals surface area contributed by atoms with E-state index in [0.717, 1.165) is 8.95 Å². The second-order valence-corrected chi connectivity index (χ2v) is 9.48. The van der Waals surface area contributed by atoms with Gasteiger partial charge < -0.3 is 0 Å². The molecule has 0 aliphatic rings. The maximum atomic E-state index is 12.7. The maximum absolute atomic E-state index is 12.7. The van der Waals surface area contributed by atoms with E-state index in [0.29, 0.717) is 20.6 Å². The number of alkyl halides is 2. The van der Waals surface area contributed by atoms with Crippen LogP contribution in [0.1, 0.15) is 21.0 Å². The highest BCUT2D eigenvalue weighted by Crippen LogP contribution is 2.35. The van der Waals surface area contributed by atoms with Crippen LogP contribution < -0.4 is 0 Å². The van der Waals surface area contributed by atoms with Gasteiger partial charge in [-0.15, -0.1) is 0 Å². The lowest BCUT2D eigenvalue weighted by Gasteiger charge is -2.14. The third-order valence-corrected chi connectivity index (χ3v) is 6.15. The molecule has 0 fully saturated rings. The topological polar surface area (TPSA) is 42.9 Å². The van der Waals surface area contributed by atoms with Gasteiger partial charge in [0.05, 0.1) is 11.4 Å². The van der Waals surface area contributed by atoms with Crippen LogP contribution in [-0.2, 0) is 4.79 Å². The van der Waals surface area contributed by atoms with Crippen molar-refractivity contribution in [3.63, 3.8) is 0 Å². The first-order valence-electron chi connectivity index (χ1n) is 5.76. The van der Waals surface area contributed by atoms with Crippen LogP contribution in [0.5, 0.6) is 0 Å². The minimum Gasteiger partial charge on any atom is -0.296 e. The molecule has 3 nitrogen and oxygen atoms in total. The Hall–Kier alpha value is 0.850. The van der Waals surface area contributed by atoms with Gasteiger partial charge in [-0.2, -0.15) is 0 Å². The summed E-state index contributed by atoms with van der Waals surface area (Å²) in [5.74, 6) is -0.0880. The van der Waals surface area contributed by atoms with Crippen molar-refractivity contribution in [2.24, 2.45) is 0 Å². The third kappa shape index (κ3) is 4.92. The Morgan fingerprint density at radius 2 is 1.14 bits per heavy atom. The Morgan fingerprint density at radius 1 is 0.773 bits per heavy atom. The van der Waals surface area contributed by atoms with Crippen molar-refractivity contribution in [1.82, 2.24) is 9.97 Å². The van der Waals surface area contributed by atoms with Gasteiger partial charge in [0.15, 0.2) is 5.78 Å². The van der Waals surface area contributed by atoms with Gasteiger partial charge in [0.2, 0.25) is 0 Å². The van der Waals surface area contributed by atoms with Crippen molar-refractivity contribution >= 4 is 101 Å². The number of Topliss-reactive ketones (excluding diaryl/α,β-unsaturated/α-hetero) is 1. The van der Waals surface area contributed by atoms with Crippen LogP contribution in [0.15, 0.2) is 42.4 Å². The van der Waals surface area contributed by atoms with Crippen LogP contribution in [0.3, 0.4) is 0 Å². The summed E-state index contributed by atoms with van der Waals surface area (Å²) in [6.07, 6.45) is 0. The van der Waals surface area contributed by atoms with Gasteiger partial charge in [-0.1, -0.05) is 63.7 Å². The molecule has 0 aromatic carbocycles. The van der Waals surface area contributed by atoms with Crippen LogP contribution in [0, 0.1) is 0 Å². The van der Waals surface area contributed by atoms with Crippen molar-refractivity contribution in [2.45, 2.75) is 9.65 Å². The molecule has 9 heteroatoms. The van der Waals surface area contributed by atoms with Crippen molar-refractivity contribution in [3.8, 4) is 0 Å². The number of pyridine rings is 2. The predicted molar refractivity (Wildman–Crippen MR) is 108 cm³/mol. The monoisotopic (exact) mass is 680 g/mol. The molecule has 2 aromatic rings. The van der Waals surface area contributed by atoms with E-state index in [4.69, 9.17) is 0 Å². The molecular formula is C13H6Br6N2O. The number of nitrogens with zero attached hydrogens (tertiary/aromatic N) is 2. The minimum atomic E-state index is -0.551. The largest absolute Gasteiger partial charge is 0.296 e. The van der Waals surface area contributed by atoms with Gasteiger partial charge >= 0.3 is 0 Å². The fraction of sp³-hybridized carbons (Fsp3) is 0.154. The number of hydrogen-bond donors (Lipinski definition) is 0. The van der Waals surface area contributed by atoms with Gasteiger partial charge in [0.25, 0.3) is 0 Å².